The van der Waals surface area contributed by atoms with Gasteiger partial charge < -0.3 is 25.9 Å². The van der Waals surface area contributed by atoms with E-state index in [4.69, 9.17) is 10.1 Å². The van der Waals surface area contributed by atoms with E-state index in [2.05, 4.69) is 15.7 Å². The summed E-state index contributed by atoms with van der Waals surface area (Å²) in [5, 5.41) is 48.9. The van der Waals surface area contributed by atoms with Gasteiger partial charge in [-0.05, 0) is 30.9 Å². The third-order valence-electron chi connectivity index (χ3n) is 4.51. The largest absolute Gasteiger partial charge is 0.505 e. The number of hydrogen-bond acceptors (Lipinski definition) is 8. The Balaban J connectivity index is 2.48. The summed E-state index contributed by atoms with van der Waals surface area (Å²) in [6, 6.07) is 4.51. The van der Waals surface area contributed by atoms with Gasteiger partial charge in [-0.25, -0.2) is 0 Å². The van der Waals surface area contributed by atoms with Crippen molar-refractivity contribution in [3.05, 3.63) is 29.5 Å². The van der Waals surface area contributed by atoms with Crippen molar-refractivity contribution >= 4 is 28.8 Å². The highest BCUT2D eigenvalue weighted by atomic mass is 16.9. The van der Waals surface area contributed by atoms with Gasteiger partial charge in [-0.3, -0.25) is 4.79 Å². The molecule has 0 saturated carbocycles. The van der Waals surface area contributed by atoms with Crippen LogP contribution in [0.4, 0.5) is 11.4 Å². The molecule has 0 fully saturated rings. The van der Waals surface area contributed by atoms with Gasteiger partial charge in [0.25, 0.3) is 11.6 Å². The molecular formula is C20H30N5O5+. The minimum Gasteiger partial charge on any atom is -0.505 e. The quantitative estimate of drug-likeness (QED) is 0.156. The van der Waals surface area contributed by atoms with Crippen LogP contribution in [0.3, 0.4) is 0 Å². The van der Waals surface area contributed by atoms with E-state index in [1.165, 1.54) is 19.2 Å². The standard InChI is InChI=1S/C20H29N5O5/c1-5-6-14(21)18(26)17(20(27)22-10-9-12(2)3)19-23-15-8-7-13(30-4)11-16(15)25(28,29)24-19/h7-8,11-12,21,28-29H,5-6,9-10H2,1-4H3,(H2-,22,23,24,26,27)/p+1. The van der Waals surface area contributed by atoms with Crippen molar-refractivity contribution in [2.45, 2.75) is 40.0 Å². The van der Waals surface area contributed by atoms with Crippen LogP contribution < -0.4 is 20.3 Å². The summed E-state index contributed by atoms with van der Waals surface area (Å²) in [6.07, 6.45) is 1.55. The Labute approximate surface area is 175 Å². The number of rotatable bonds is 9. The number of benzene rings is 1. The molecule has 0 spiro atoms. The number of amides is 1. The molecule has 1 aromatic rings. The summed E-state index contributed by atoms with van der Waals surface area (Å²) in [7, 11) is 1.44. The highest BCUT2D eigenvalue weighted by Crippen LogP contribution is 2.36. The molecule has 1 aliphatic rings. The molecule has 0 radical (unpaired) electrons. The third kappa shape index (κ3) is 5.35. The zero-order valence-corrected chi connectivity index (χ0v) is 17.7. The lowest BCUT2D eigenvalue weighted by atomic mass is 10.1. The zero-order valence-electron chi connectivity index (χ0n) is 17.7. The molecule has 1 aromatic carbocycles. The summed E-state index contributed by atoms with van der Waals surface area (Å²) in [6.45, 7) is 6.22. The maximum absolute atomic E-state index is 12.9. The first-order valence-corrected chi connectivity index (χ1v) is 9.80. The van der Waals surface area contributed by atoms with E-state index in [9.17, 15) is 20.3 Å². The first-order chi connectivity index (χ1) is 14.1. The molecule has 0 atom stereocenters. The fourth-order valence-electron chi connectivity index (χ4n) is 2.86. The lowest BCUT2D eigenvalue weighted by Crippen LogP contribution is -2.45. The van der Waals surface area contributed by atoms with Crippen molar-refractivity contribution in [3.63, 3.8) is 0 Å². The van der Waals surface area contributed by atoms with E-state index in [-0.39, 0.29) is 34.9 Å². The number of allylic oxidation sites excluding steroid dienone is 1. The number of nitrogens with one attached hydrogen (secondary N) is 3. The number of nitrogens with zero attached hydrogens (tertiary/aromatic N) is 2. The predicted molar refractivity (Wildman–Crippen MR) is 114 cm³/mol. The summed E-state index contributed by atoms with van der Waals surface area (Å²) < 4.78 is 5.10. The second-order valence-electron chi connectivity index (χ2n) is 7.42. The number of aliphatic hydroxyl groups is 1. The van der Waals surface area contributed by atoms with Gasteiger partial charge in [-0.15, -0.1) is 10.4 Å². The lowest BCUT2D eigenvalue weighted by Gasteiger charge is -2.25. The molecule has 10 nitrogen and oxygen atoms in total. The van der Waals surface area contributed by atoms with Crippen molar-refractivity contribution in [2.75, 3.05) is 19.0 Å². The first-order valence-electron chi connectivity index (χ1n) is 9.80. The monoisotopic (exact) mass is 420 g/mol. The molecule has 0 bridgehead atoms. The molecule has 6 N–H and O–H groups in total. The molecule has 0 aliphatic carbocycles. The van der Waals surface area contributed by atoms with Crippen molar-refractivity contribution in [3.8, 4) is 5.75 Å². The lowest BCUT2D eigenvalue weighted by molar-refractivity contribution is -0.291. The van der Waals surface area contributed by atoms with Crippen molar-refractivity contribution in [2.24, 2.45) is 11.0 Å². The number of fused-ring (bicyclic) bond motifs is 1. The van der Waals surface area contributed by atoms with Gasteiger partial charge in [-0.2, -0.15) is 0 Å². The second-order valence-corrected chi connectivity index (χ2v) is 7.42. The normalized spacial score (nSPS) is 15.5. The number of quaternary nitrogens is 1. The summed E-state index contributed by atoms with van der Waals surface area (Å²) in [4.78, 5) is 11.0. The number of amidine groups is 1. The van der Waals surface area contributed by atoms with E-state index >= 15 is 0 Å². The Morgan fingerprint density at radius 2 is 2.07 bits per heavy atom. The Morgan fingerprint density at radius 3 is 2.67 bits per heavy atom. The van der Waals surface area contributed by atoms with Crippen molar-refractivity contribution in [1.82, 2.24) is 10.2 Å². The van der Waals surface area contributed by atoms with Gasteiger partial charge in [-0.1, -0.05) is 27.2 Å². The molecule has 2 rings (SSSR count). The second kappa shape index (κ2) is 9.70. The molecule has 0 unspecified atom stereocenters. The average molecular weight is 420 g/mol. The number of methoxy groups -OCH3 is 1. The molecule has 0 saturated heterocycles. The Kier molecular flexibility index (Phi) is 7.54. The predicted octanol–water partition coefficient (Wildman–Crippen LogP) is 3.31. The third-order valence-corrected chi connectivity index (χ3v) is 4.51. The average Bonchev–Trinajstić information content (AvgIpc) is 2.67. The molecule has 0 aromatic heterocycles. The smallest absolute Gasteiger partial charge is 0.259 e. The molecular weight excluding hydrogens is 390 g/mol. The van der Waals surface area contributed by atoms with Crippen molar-refractivity contribution < 1.29 is 25.1 Å². The minimum absolute atomic E-state index is 0.0270. The van der Waals surface area contributed by atoms with Gasteiger partial charge in [0.2, 0.25) is 5.84 Å². The van der Waals surface area contributed by atoms with Gasteiger partial charge in [0, 0.05) is 11.6 Å². The molecule has 10 heteroatoms. The number of carbonyl (C=O) groups excluding carboxylic acids is 1. The number of hydrogen-bond donors (Lipinski definition) is 6. The van der Waals surface area contributed by atoms with Gasteiger partial charge in [0.15, 0.2) is 5.76 Å². The van der Waals surface area contributed by atoms with Crippen LogP contribution in [0, 0.1) is 11.3 Å². The summed E-state index contributed by atoms with van der Waals surface area (Å²) in [5.74, 6) is -0.761. The van der Waals surface area contributed by atoms with E-state index < -0.39 is 16.6 Å². The highest BCUT2D eigenvalue weighted by Gasteiger charge is 2.40. The fraction of sp³-hybridized carbons (Fsp3) is 0.450. The molecule has 1 aliphatic heterocycles. The molecule has 1 heterocycles. The van der Waals surface area contributed by atoms with Crippen LogP contribution in [0.2, 0.25) is 0 Å². The van der Waals surface area contributed by atoms with Crippen LogP contribution in [0.1, 0.15) is 40.0 Å². The van der Waals surface area contributed by atoms with Gasteiger partial charge >= 0.3 is 0 Å². The number of carbonyl (C=O) groups is 1. The Hall–Kier alpha value is -2.95. The van der Waals surface area contributed by atoms with Crippen LogP contribution in [-0.4, -0.2) is 46.6 Å². The van der Waals surface area contributed by atoms with Crippen LogP contribution >= 0.6 is 0 Å². The van der Waals surface area contributed by atoms with Gasteiger partial charge in [0.05, 0.1) is 18.9 Å². The van der Waals surface area contributed by atoms with Crippen LogP contribution in [-0.2, 0) is 4.79 Å². The molecule has 30 heavy (non-hydrogen) atoms. The Morgan fingerprint density at radius 1 is 1.37 bits per heavy atom. The maximum Gasteiger partial charge on any atom is 0.259 e. The zero-order chi connectivity index (χ0) is 22.5. The minimum atomic E-state index is -1.90. The maximum atomic E-state index is 12.9. The van der Waals surface area contributed by atoms with E-state index in [1.807, 2.05) is 20.8 Å². The molecule has 1 amide bonds. The van der Waals surface area contributed by atoms with Crippen LogP contribution in [0.15, 0.2) is 34.6 Å². The number of aliphatic hydroxyl groups excluding tert-OH is 1. The van der Waals surface area contributed by atoms with E-state index in [0.717, 1.165) is 0 Å². The topological polar surface area (TPSA) is 147 Å². The van der Waals surface area contributed by atoms with E-state index in [1.54, 1.807) is 6.07 Å². The fourth-order valence-corrected chi connectivity index (χ4v) is 2.86. The van der Waals surface area contributed by atoms with Crippen LogP contribution in [0.5, 0.6) is 5.75 Å². The van der Waals surface area contributed by atoms with Gasteiger partial charge in [0.1, 0.15) is 21.9 Å². The highest BCUT2D eigenvalue weighted by molar-refractivity contribution is 6.29. The first kappa shape index (κ1) is 23.3. The SMILES string of the molecule is CCCC(=N)/C(O)=C(\C(=O)NCCC(C)C)C1=N[N+](O)(O)c2cc(OC)ccc2N1. The summed E-state index contributed by atoms with van der Waals surface area (Å²) in [5.41, 5.74) is -0.247. The van der Waals surface area contributed by atoms with E-state index in [0.29, 0.717) is 31.1 Å². The van der Waals surface area contributed by atoms with Crippen LogP contribution in [0.25, 0.3) is 0 Å². The Bertz CT molecular complexity index is 876. The number of anilines is 1. The van der Waals surface area contributed by atoms with Crippen molar-refractivity contribution in [1.29, 1.82) is 5.41 Å². The summed E-state index contributed by atoms with van der Waals surface area (Å²) >= 11 is 0. The number of ether oxygens (including phenoxy) is 1. The molecule has 164 valence electrons.